The van der Waals surface area contributed by atoms with E-state index in [4.69, 9.17) is 0 Å². The maximum atomic E-state index is 2.45. The molecule has 0 bridgehead atoms. The molecule has 0 heteroatoms. The van der Waals surface area contributed by atoms with Crippen molar-refractivity contribution < 1.29 is 0 Å². The van der Waals surface area contributed by atoms with Crippen LogP contribution in [0, 0.1) is 0 Å². The summed E-state index contributed by atoms with van der Waals surface area (Å²) in [5, 5.41) is 0. The van der Waals surface area contributed by atoms with Gasteiger partial charge in [0, 0.05) is 0 Å². The van der Waals surface area contributed by atoms with Gasteiger partial charge < -0.3 is 0 Å². The van der Waals surface area contributed by atoms with E-state index in [-0.39, 0.29) is 27.1 Å². The third-order valence-electron chi connectivity index (χ3n) is 11.6. The van der Waals surface area contributed by atoms with Gasteiger partial charge in [-0.25, -0.2) is 0 Å². The Morgan fingerprint density at radius 1 is 0.375 bits per heavy atom. The standard InChI is InChI=1S/C48H54/c1-44(2,3)43-37(33-19-15-31(16-20-33)35-23-25-39-41(27-35)47(8,9)29-45(39,4)5)13-12-14-38(43)34-21-17-32(18-22-34)36-24-26-40-42(28-36)48(10,11)30-46(40,6)7/h12-28H,29-30H2,1-11H3. The zero-order chi connectivity index (χ0) is 34.4. The summed E-state index contributed by atoms with van der Waals surface area (Å²) in [6.07, 6.45) is 2.38. The van der Waals surface area contributed by atoms with Crippen molar-refractivity contribution in [3.05, 3.63) is 131 Å². The van der Waals surface area contributed by atoms with Gasteiger partial charge in [0.25, 0.3) is 0 Å². The number of hydrogen-bond acceptors (Lipinski definition) is 0. The summed E-state index contributed by atoms with van der Waals surface area (Å²) >= 11 is 0. The SMILES string of the molecule is CC(C)(C)c1c(-c2ccc(-c3ccc4c(c3)C(C)(C)CC4(C)C)cc2)cccc1-c1ccc(-c2ccc3c(c2)C(C)(C)CC3(C)C)cc1. The lowest BCUT2D eigenvalue weighted by molar-refractivity contribution is 0.402. The van der Waals surface area contributed by atoms with E-state index in [0.29, 0.717) is 0 Å². The van der Waals surface area contributed by atoms with Gasteiger partial charge in [-0.05, 0) is 112 Å². The summed E-state index contributed by atoms with van der Waals surface area (Å²) in [5.41, 5.74) is 18.6. The Labute approximate surface area is 290 Å². The molecular formula is C48H54. The smallest absolute Gasteiger partial charge is 0.00921 e. The van der Waals surface area contributed by atoms with Crippen molar-refractivity contribution in [3.8, 4) is 44.5 Å². The van der Waals surface area contributed by atoms with Gasteiger partial charge in [-0.2, -0.15) is 0 Å². The topological polar surface area (TPSA) is 0 Å². The zero-order valence-corrected chi connectivity index (χ0v) is 31.2. The highest BCUT2D eigenvalue weighted by molar-refractivity contribution is 5.82. The van der Waals surface area contributed by atoms with E-state index in [0.717, 1.165) is 0 Å². The molecule has 0 aliphatic heterocycles. The van der Waals surface area contributed by atoms with Gasteiger partial charge in [-0.15, -0.1) is 0 Å². The Morgan fingerprint density at radius 2 is 0.688 bits per heavy atom. The fraction of sp³-hybridized carbons (Fsp3) is 0.375. The molecule has 48 heavy (non-hydrogen) atoms. The van der Waals surface area contributed by atoms with Gasteiger partial charge in [0.1, 0.15) is 0 Å². The Hall–Kier alpha value is -3.90. The fourth-order valence-electron chi connectivity index (χ4n) is 9.86. The fourth-order valence-corrected chi connectivity index (χ4v) is 9.86. The maximum Gasteiger partial charge on any atom is -0.00921 e. The molecule has 0 unspecified atom stereocenters. The zero-order valence-electron chi connectivity index (χ0n) is 31.2. The highest BCUT2D eigenvalue weighted by Gasteiger charge is 2.42. The Balaban J connectivity index is 1.22. The molecule has 0 nitrogen and oxygen atoms in total. The van der Waals surface area contributed by atoms with Gasteiger partial charge >= 0.3 is 0 Å². The van der Waals surface area contributed by atoms with E-state index in [1.165, 1.54) is 85.2 Å². The molecule has 246 valence electrons. The van der Waals surface area contributed by atoms with Crippen LogP contribution in [0.2, 0.25) is 0 Å². The van der Waals surface area contributed by atoms with Crippen LogP contribution < -0.4 is 0 Å². The van der Waals surface area contributed by atoms with Crippen LogP contribution in [-0.4, -0.2) is 0 Å². The number of benzene rings is 5. The highest BCUT2D eigenvalue weighted by Crippen LogP contribution is 2.51. The average Bonchev–Trinajstić information content (AvgIpc) is 3.34. The molecular weight excluding hydrogens is 577 g/mol. The monoisotopic (exact) mass is 630 g/mol. The molecule has 0 heterocycles. The minimum atomic E-state index is -0.0278. The quantitative estimate of drug-likeness (QED) is 0.185. The van der Waals surface area contributed by atoms with E-state index in [1.54, 1.807) is 0 Å². The van der Waals surface area contributed by atoms with Crippen molar-refractivity contribution >= 4 is 0 Å². The third kappa shape index (κ3) is 5.46. The van der Waals surface area contributed by atoms with E-state index >= 15 is 0 Å². The van der Waals surface area contributed by atoms with Crippen LogP contribution in [0.4, 0.5) is 0 Å². The Kier molecular flexibility index (Phi) is 7.34. The molecule has 5 aromatic carbocycles. The molecule has 0 saturated heterocycles. The highest BCUT2D eigenvalue weighted by atomic mass is 14.5. The van der Waals surface area contributed by atoms with Gasteiger partial charge in [0.2, 0.25) is 0 Å². The number of rotatable bonds is 4. The molecule has 0 saturated carbocycles. The Bertz CT molecular complexity index is 1880. The molecule has 0 aromatic heterocycles. The molecule has 5 aromatic rings. The molecule has 0 radical (unpaired) electrons. The van der Waals surface area contributed by atoms with Crippen molar-refractivity contribution in [3.63, 3.8) is 0 Å². The maximum absolute atomic E-state index is 2.45. The van der Waals surface area contributed by atoms with Gasteiger partial charge in [0.15, 0.2) is 0 Å². The van der Waals surface area contributed by atoms with Crippen LogP contribution >= 0.6 is 0 Å². The van der Waals surface area contributed by atoms with Crippen molar-refractivity contribution in [2.45, 2.75) is 116 Å². The van der Waals surface area contributed by atoms with Gasteiger partial charge in [-0.3, -0.25) is 0 Å². The van der Waals surface area contributed by atoms with Crippen molar-refractivity contribution in [1.29, 1.82) is 0 Å². The normalized spacial score (nSPS) is 18.4. The van der Waals surface area contributed by atoms with Crippen LogP contribution in [0.3, 0.4) is 0 Å². The molecule has 7 rings (SSSR count). The molecule has 0 N–H and O–H groups in total. The summed E-state index contributed by atoms with van der Waals surface area (Å²) in [6.45, 7) is 26.2. The summed E-state index contributed by atoms with van der Waals surface area (Å²) in [5.74, 6) is 0. The predicted octanol–water partition coefficient (Wildman–Crippen LogP) is 13.6. The first-order valence-corrected chi connectivity index (χ1v) is 18.0. The van der Waals surface area contributed by atoms with E-state index in [2.05, 4.69) is 179 Å². The van der Waals surface area contributed by atoms with Crippen LogP contribution in [0.15, 0.2) is 103 Å². The summed E-state index contributed by atoms with van der Waals surface area (Å²) in [4.78, 5) is 0. The van der Waals surface area contributed by atoms with Crippen LogP contribution in [0.1, 0.15) is 117 Å². The third-order valence-corrected chi connectivity index (χ3v) is 11.6. The van der Waals surface area contributed by atoms with Crippen molar-refractivity contribution in [2.24, 2.45) is 0 Å². The second kappa shape index (κ2) is 10.8. The summed E-state index contributed by atoms with van der Waals surface area (Å²) < 4.78 is 0. The number of fused-ring (bicyclic) bond motifs is 2. The second-order valence-electron chi connectivity index (χ2n) is 18.5. The van der Waals surface area contributed by atoms with E-state index < -0.39 is 0 Å². The molecule has 0 fully saturated rings. The Morgan fingerprint density at radius 3 is 1.04 bits per heavy atom. The summed E-state index contributed by atoms with van der Waals surface area (Å²) in [6, 6.07) is 39.7. The largest absolute Gasteiger partial charge is 0.0610 e. The lowest BCUT2D eigenvalue weighted by atomic mass is 9.77. The van der Waals surface area contributed by atoms with E-state index in [1.807, 2.05) is 0 Å². The molecule has 0 spiro atoms. The predicted molar refractivity (Wildman–Crippen MR) is 208 cm³/mol. The average molecular weight is 631 g/mol. The van der Waals surface area contributed by atoms with Gasteiger partial charge in [-0.1, -0.05) is 179 Å². The van der Waals surface area contributed by atoms with E-state index in [9.17, 15) is 0 Å². The number of hydrogen-bond donors (Lipinski definition) is 0. The second-order valence-corrected chi connectivity index (χ2v) is 18.5. The summed E-state index contributed by atoms with van der Waals surface area (Å²) in [7, 11) is 0. The van der Waals surface area contributed by atoms with Crippen LogP contribution in [0.25, 0.3) is 44.5 Å². The van der Waals surface area contributed by atoms with Crippen LogP contribution in [-0.2, 0) is 27.1 Å². The minimum Gasteiger partial charge on any atom is -0.0610 e. The molecule has 2 aliphatic carbocycles. The lowest BCUT2D eigenvalue weighted by Gasteiger charge is -2.27. The van der Waals surface area contributed by atoms with Gasteiger partial charge in [0.05, 0.1) is 0 Å². The molecule has 0 atom stereocenters. The molecule has 2 aliphatic rings. The molecule has 0 amide bonds. The lowest BCUT2D eigenvalue weighted by Crippen LogP contribution is -2.18. The van der Waals surface area contributed by atoms with Crippen molar-refractivity contribution in [1.82, 2.24) is 0 Å². The first kappa shape index (κ1) is 32.6. The first-order chi connectivity index (χ1) is 22.4. The van der Waals surface area contributed by atoms with Crippen LogP contribution in [0.5, 0.6) is 0 Å². The first-order valence-electron chi connectivity index (χ1n) is 18.0. The minimum absolute atomic E-state index is 0.0278. The van der Waals surface area contributed by atoms with Crippen molar-refractivity contribution in [2.75, 3.05) is 0 Å².